The van der Waals surface area contributed by atoms with E-state index in [1.807, 2.05) is 0 Å². The van der Waals surface area contributed by atoms with Crippen LogP contribution in [0.3, 0.4) is 0 Å². The van der Waals surface area contributed by atoms with Crippen molar-refractivity contribution in [3.05, 3.63) is 9.93 Å². The molecule has 3 aliphatic rings. The van der Waals surface area contributed by atoms with Crippen LogP contribution in [0.5, 0.6) is 0 Å². The molecule has 158 valence electrons. The smallest absolute Gasteiger partial charge is 0.354 e. The minimum absolute atomic E-state index is 0.112. The molecule has 3 rings (SSSR count). The molecular weight excluding hydrogens is 434 g/mol. The van der Waals surface area contributed by atoms with E-state index in [1.54, 1.807) is 0 Å². The van der Waals surface area contributed by atoms with Gasteiger partial charge in [0.2, 0.25) is 5.91 Å². The van der Waals surface area contributed by atoms with Gasteiger partial charge in [0.25, 0.3) is 0 Å². The van der Waals surface area contributed by atoms with Gasteiger partial charge in [-0.05, 0) is 24.6 Å². The molecule has 28 heavy (non-hydrogen) atoms. The van der Waals surface area contributed by atoms with Crippen molar-refractivity contribution in [1.82, 2.24) is 4.90 Å². The fraction of sp³-hybridized carbons (Fsp3) is 0.778. The Morgan fingerprint density at radius 1 is 1.46 bits per heavy atom. The van der Waals surface area contributed by atoms with E-state index in [0.717, 1.165) is 6.42 Å². The lowest BCUT2D eigenvalue weighted by Gasteiger charge is -2.43. The summed E-state index contributed by atoms with van der Waals surface area (Å²) in [6.45, 7) is 11.5. The molecule has 6 nitrogen and oxygen atoms in total. The molecule has 0 radical (unpaired) electrons. The molecule has 3 heterocycles. The van der Waals surface area contributed by atoms with E-state index in [0.29, 0.717) is 28.8 Å². The largest absolute Gasteiger partial charge is 0.616 e. The summed E-state index contributed by atoms with van der Waals surface area (Å²) >= 11 is 2.17. The molecule has 4 atom stereocenters. The summed E-state index contributed by atoms with van der Waals surface area (Å²) < 4.78 is 18.5. The number of thioether (sulfide) groups is 2. The van der Waals surface area contributed by atoms with E-state index in [1.165, 1.54) is 28.4 Å². The highest BCUT2D eigenvalue weighted by atomic mass is 32.2. The number of carbonyl (C=O) groups is 2. The van der Waals surface area contributed by atoms with Gasteiger partial charge in [0.05, 0.1) is 20.8 Å². The number of amides is 1. The lowest BCUT2D eigenvalue weighted by Crippen LogP contribution is -2.57. The Labute approximate surface area is 179 Å². The third kappa shape index (κ3) is 4.32. The first-order chi connectivity index (χ1) is 12.9. The molecular formula is C18H29NO5S3Si. The van der Waals surface area contributed by atoms with Gasteiger partial charge in [-0.3, -0.25) is 9.69 Å². The summed E-state index contributed by atoms with van der Waals surface area (Å²) in [6.07, 6.45) is 1.45. The highest BCUT2D eigenvalue weighted by Gasteiger charge is 2.56. The van der Waals surface area contributed by atoms with Gasteiger partial charge in [-0.1, -0.05) is 43.7 Å². The Morgan fingerprint density at radius 2 is 2.14 bits per heavy atom. The molecule has 0 aromatic carbocycles. The number of rotatable bonds is 7. The van der Waals surface area contributed by atoms with E-state index >= 15 is 0 Å². The van der Waals surface area contributed by atoms with Gasteiger partial charge in [-0.15, -0.1) is 11.8 Å². The second-order valence-corrected chi connectivity index (χ2v) is 18.1. The average molecular weight is 464 g/mol. The standard InChI is InChI=1S/C18H29NO5S3Si/c1-18(2,3)28(4,5)24-8-6-12-14(20)19-13(16(21)22)17(26-15(12)19)25-11-7-9-27(23)10-11/h11-12,15H,6-10H2,1-5H3,(H,21,22)/t11-,12-,15-,27+/m0/s1. The molecule has 1 N–H and O–H groups in total. The molecule has 10 heteroatoms. The second kappa shape index (κ2) is 8.18. The summed E-state index contributed by atoms with van der Waals surface area (Å²) in [4.78, 5) is 25.9. The van der Waals surface area contributed by atoms with Crippen molar-refractivity contribution in [2.45, 2.75) is 62.4 Å². The van der Waals surface area contributed by atoms with Crippen LogP contribution in [0.15, 0.2) is 9.93 Å². The molecule has 0 aliphatic carbocycles. The van der Waals surface area contributed by atoms with Crippen LogP contribution in [0.2, 0.25) is 18.1 Å². The number of hydrogen-bond acceptors (Lipinski definition) is 6. The van der Waals surface area contributed by atoms with Crippen molar-refractivity contribution >= 4 is 54.9 Å². The van der Waals surface area contributed by atoms with Crippen molar-refractivity contribution in [3.63, 3.8) is 0 Å². The fourth-order valence-corrected chi connectivity index (χ4v) is 9.48. The van der Waals surface area contributed by atoms with Crippen LogP contribution in [0.1, 0.15) is 33.6 Å². The minimum atomic E-state index is -1.86. The number of β-lactam (4-membered cyclic amide) rings is 1. The zero-order valence-electron chi connectivity index (χ0n) is 17.0. The van der Waals surface area contributed by atoms with E-state index in [2.05, 4.69) is 33.9 Å². The minimum Gasteiger partial charge on any atom is -0.616 e. The molecule has 0 saturated carbocycles. The third-order valence-corrected chi connectivity index (χ3v) is 15.2. The molecule has 0 spiro atoms. The number of carboxylic acids is 1. The Morgan fingerprint density at radius 3 is 2.68 bits per heavy atom. The highest BCUT2D eigenvalue weighted by molar-refractivity contribution is 8.23. The van der Waals surface area contributed by atoms with Gasteiger partial charge < -0.3 is 14.1 Å². The van der Waals surface area contributed by atoms with Crippen LogP contribution in [0.25, 0.3) is 0 Å². The van der Waals surface area contributed by atoms with Gasteiger partial charge in [-0.2, -0.15) is 0 Å². The summed E-state index contributed by atoms with van der Waals surface area (Å²) in [5.74, 6) is -0.0816. The lowest BCUT2D eigenvalue weighted by molar-refractivity contribution is -0.152. The third-order valence-electron chi connectivity index (χ3n) is 6.03. The van der Waals surface area contributed by atoms with Crippen LogP contribution in [-0.2, 0) is 25.2 Å². The van der Waals surface area contributed by atoms with Crippen molar-refractivity contribution in [1.29, 1.82) is 0 Å². The van der Waals surface area contributed by atoms with Crippen LogP contribution >= 0.6 is 23.5 Å². The summed E-state index contributed by atoms with van der Waals surface area (Å²) in [5.41, 5.74) is 0.115. The molecule has 0 aromatic rings. The maximum Gasteiger partial charge on any atom is 0.354 e. The molecule has 2 fully saturated rings. The number of aliphatic carboxylic acids is 1. The first kappa shape index (κ1) is 22.5. The average Bonchev–Trinajstić information content (AvgIpc) is 3.12. The highest BCUT2D eigenvalue weighted by Crippen LogP contribution is 2.55. The maximum atomic E-state index is 12.7. The molecule has 3 aliphatic heterocycles. The summed E-state index contributed by atoms with van der Waals surface area (Å²) in [5, 5.41) is 9.80. The van der Waals surface area contributed by atoms with Crippen LogP contribution in [-0.4, -0.2) is 63.5 Å². The lowest BCUT2D eigenvalue weighted by atomic mass is 9.94. The first-order valence-electron chi connectivity index (χ1n) is 9.55. The van der Waals surface area contributed by atoms with Crippen LogP contribution in [0.4, 0.5) is 0 Å². The Bertz CT molecular complexity index is 693. The maximum absolute atomic E-state index is 12.7. The zero-order chi connectivity index (χ0) is 20.9. The second-order valence-electron chi connectivity index (χ2n) is 9.00. The van der Waals surface area contributed by atoms with Gasteiger partial charge >= 0.3 is 5.97 Å². The normalized spacial score (nSPS) is 30.6. The van der Waals surface area contributed by atoms with E-state index < -0.39 is 25.5 Å². The number of fused-ring (bicyclic) bond motifs is 1. The number of carboxylic acid groups (broad SMARTS) is 1. The topological polar surface area (TPSA) is 89.9 Å². The zero-order valence-corrected chi connectivity index (χ0v) is 20.5. The Kier molecular flexibility index (Phi) is 6.59. The van der Waals surface area contributed by atoms with E-state index in [-0.39, 0.29) is 33.2 Å². The quantitative estimate of drug-likeness (QED) is 0.351. The Balaban J connectivity index is 1.61. The molecule has 1 amide bonds. The fourth-order valence-electron chi connectivity index (χ4n) is 3.24. The van der Waals surface area contributed by atoms with Crippen LogP contribution < -0.4 is 0 Å². The van der Waals surface area contributed by atoms with E-state index in [4.69, 9.17) is 4.43 Å². The van der Waals surface area contributed by atoms with Gasteiger partial charge in [-0.25, -0.2) is 4.79 Å². The van der Waals surface area contributed by atoms with Gasteiger partial charge in [0.15, 0.2) is 14.0 Å². The first-order valence-corrected chi connectivity index (χ1v) is 15.7. The Hall–Kier alpha value is -0.133. The molecule has 0 aromatic heterocycles. The number of nitrogens with zero attached hydrogens (tertiary/aromatic N) is 1. The summed E-state index contributed by atoms with van der Waals surface area (Å²) in [6, 6.07) is 0. The molecule has 2 saturated heterocycles. The predicted octanol–water partition coefficient (Wildman–Crippen LogP) is 3.44. The van der Waals surface area contributed by atoms with Crippen molar-refractivity contribution in [2.75, 3.05) is 18.1 Å². The molecule has 0 unspecified atom stereocenters. The summed E-state index contributed by atoms with van der Waals surface area (Å²) in [7, 11) is -1.86. The monoisotopic (exact) mass is 463 g/mol. The SMILES string of the molecule is CC(C)(C)[Si](C)(C)OCC[C@H]1C(=O)N2C(C(=O)O)=C(S[C@H]3CC[S@@+]([O-])C3)S[C@@H]12. The van der Waals surface area contributed by atoms with Crippen LogP contribution in [0, 0.1) is 5.92 Å². The van der Waals surface area contributed by atoms with Gasteiger partial charge in [0.1, 0.15) is 11.5 Å². The number of carbonyl (C=O) groups excluding carboxylic acids is 1. The number of hydrogen-bond donors (Lipinski definition) is 1. The van der Waals surface area contributed by atoms with Crippen molar-refractivity contribution < 1.29 is 23.7 Å². The predicted molar refractivity (Wildman–Crippen MR) is 118 cm³/mol. The van der Waals surface area contributed by atoms with Gasteiger partial charge in [0, 0.05) is 13.0 Å². The molecule has 0 bridgehead atoms. The van der Waals surface area contributed by atoms with Crippen molar-refractivity contribution in [3.8, 4) is 0 Å². The van der Waals surface area contributed by atoms with E-state index in [9.17, 15) is 19.2 Å². The van der Waals surface area contributed by atoms with Crippen molar-refractivity contribution in [2.24, 2.45) is 5.92 Å².